The molecule has 3 rings (SSSR count). The molecule has 1 aromatic rings. The average Bonchev–Trinajstić information content (AvgIpc) is 2.54. The largest absolute Gasteiger partial charge is 0.396 e. The van der Waals surface area contributed by atoms with Crippen molar-refractivity contribution in [1.82, 2.24) is 10.2 Å². The Hall–Kier alpha value is -1.39. The smallest absolute Gasteiger partial charge is 0.240 e. The molecule has 0 spiro atoms. The number of rotatable bonds is 3. The van der Waals surface area contributed by atoms with E-state index in [9.17, 15) is 9.90 Å². The van der Waals surface area contributed by atoms with E-state index in [1.165, 1.54) is 11.1 Å². The van der Waals surface area contributed by atoms with E-state index in [1.54, 1.807) is 0 Å². The lowest BCUT2D eigenvalue weighted by atomic mass is 9.93. The van der Waals surface area contributed by atoms with E-state index in [0.717, 1.165) is 38.8 Å². The predicted octanol–water partition coefficient (Wildman–Crippen LogP) is 1.46. The number of carbonyl (C=O) groups is 1. The normalized spacial score (nSPS) is 25.5. The molecule has 1 fully saturated rings. The van der Waals surface area contributed by atoms with Gasteiger partial charge in [0.05, 0.1) is 6.04 Å². The third kappa shape index (κ3) is 3.11. The van der Waals surface area contributed by atoms with Crippen LogP contribution in [0.15, 0.2) is 24.3 Å². The third-order valence-electron chi connectivity index (χ3n) is 4.75. The lowest BCUT2D eigenvalue weighted by Crippen LogP contribution is -2.54. The summed E-state index contributed by atoms with van der Waals surface area (Å²) in [5, 5.41) is 12.6. The van der Waals surface area contributed by atoms with Crippen molar-refractivity contribution in [1.29, 1.82) is 0 Å². The van der Waals surface area contributed by atoms with E-state index in [-0.39, 0.29) is 24.6 Å². The molecule has 2 aliphatic rings. The lowest BCUT2D eigenvalue weighted by Gasteiger charge is -2.39. The number of carbonyl (C=O) groups excluding carboxylic acids is 1. The summed E-state index contributed by atoms with van der Waals surface area (Å²) in [7, 11) is 0. The molecule has 2 N–H and O–H groups in total. The van der Waals surface area contributed by atoms with Crippen molar-refractivity contribution in [3.63, 3.8) is 0 Å². The number of nitrogens with zero attached hydrogens (tertiary/aromatic N) is 1. The lowest BCUT2D eigenvalue weighted by molar-refractivity contribution is -0.137. The van der Waals surface area contributed by atoms with Gasteiger partial charge >= 0.3 is 0 Å². The van der Waals surface area contributed by atoms with Gasteiger partial charge in [-0.2, -0.15) is 0 Å². The summed E-state index contributed by atoms with van der Waals surface area (Å²) in [6.45, 7) is 1.77. The molecule has 0 aliphatic carbocycles. The van der Waals surface area contributed by atoms with Crippen LogP contribution in [0, 0.1) is 0 Å². The molecule has 1 amide bonds. The summed E-state index contributed by atoms with van der Waals surface area (Å²) < 4.78 is 0. The van der Waals surface area contributed by atoms with Crippen LogP contribution in [0.25, 0.3) is 0 Å². The maximum atomic E-state index is 12.8. The van der Waals surface area contributed by atoms with Crippen molar-refractivity contribution in [2.45, 2.75) is 50.7 Å². The molecule has 1 saturated heterocycles. The van der Waals surface area contributed by atoms with Crippen molar-refractivity contribution in [2.75, 3.05) is 13.2 Å². The quantitative estimate of drug-likeness (QED) is 0.885. The van der Waals surface area contributed by atoms with Gasteiger partial charge in [-0.05, 0) is 43.2 Å². The predicted molar refractivity (Wildman–Crippen MR) is 81.8 cm³/mol. The molecule has 1 aromatic carbocycles. The molecule has 0 saturated carbocycles. The Morgan fingerprint density at radius 1 is 1.29 bits per heavy atom. The van der Waals surface area contributed by atoms with E-state index < -0.39 is 0 Å². The monoisotopic (exact) mass is 288 g/mol. The first-order chi connectivity index (χ1) is 10.3. The van der Waals surface area contributed by atoms with Gasteiger partial charge in [-0.25, -0.2) is 0 Å². The van der Waals surface area contributed by atoms with E-state index in [0.29, 0.717) is 6.42 Å². The summed E-state index contributed by atoms with van der Waals surface area (Å²) in [6, 6.07) is 8.44. The van der Waals surface area contributed by atoms with Crippen LogP contribution in [-0.4, -0.2) is 41.1 Å². The summed E-state index contributed by atoms with van der Waals surface area (Å²) in [6.07, 6.45) is 4.74. The number of aliphatic hydroxyl groups is 1. The number of nitrogens with one attached hydrogen (secondary N) is 1. The van der Waals surface area contributed by atoms with Crippen LogP contribution < -0.4 is 5.32 Å². The molecule has 21 heavy (non-hydrogen) atoms. The summed E-state index contributed by atoms with van der Waals surface area (Å²) >= 11 is 0. The van der Waals surface area contributed by atoms with Gasteiger partial charge in [0.2, 0.25) is 5.91 Å². The minimum Gasteiger partial charge on any atom is -0.396 e. The molecule has 0 bridgehead atoms. The van der Waals surface area contributed by atoms with Crippen molar-refractivity contribution in [3.05, 3.63) is 35.4 Å². The minimum atomic E-state index is -0.112. The first kappa shape index (κ1) is 14.5. The van der Waals surface area contributed by atoms with Gasteiger partial charge in [-0.1, -0.05) is 24.3 Å². The Morgan fingerprint density at radius 2 is 2.10 bits per heavy atom. The average molecular weight is 288 g/mol. The Bertz CT molecular complexity index is 501. The molecule has 2 atom stereocenters. The molecule has 4 heteroatoms. The molecular formula is C17H24N2O2. The van der Waals surface area contributed by atoms with Gasteiger partial charge in [-0.15, -0.1) is 0 Å². The number of hydrogen-bond acceptors (Lipinski definition) is 3. The molecule has 0 aromatic heterocycles. The van der Waals surface area contributed by atoms with Crippen molar-refractivity contribution in [2.24, 2.45) is 0 Å². The molecular weight excluding hydrogens is 264 g/mol. The second-order valence-corrected chi connectivity index (χ2v) is 6.10. The SMILES string of the molecule is O=C([C@@H]1Cc2ccccc2CN1)N1CCCCC1CCO. The highest BCUT2D eigenvalue weighted by molar-refractivity contribution is 5.83. The van der Waals surface area contributed by atoms with Gasteiger partial charge in [-0.3, -0.25) is 4.79 Å². The fourth-order valence-corrected chi connectivity index (χ4v) is 3.57. The first-order valence-electron chi connectivity index (χ1n) is 8.01. The number of fused-ring (bicyclic) bond motifs is 1. The maximum absolute atomic E-state index is 12.8. The number of likely N-dealkylation sites (tertiary alicyclic amines) is 1. The van der Waals surface area contributed by atoms with E-state index in [4.69, 9.17) is 0 Å². The van der Waals surface area contributed by atoms with Crippen LogP contribution in [0.3, 0.4) is 0 Å². The molecule has 0 radical (unpaired) electrons. The number of piperidine rings is 1. The van der Waals surface area contributed by atoms with Gasteiger partial charge in [0.15, 0.2) is 0 Å². The van der Waals surface area contributed by atoms with Gasteiger partial charge < -0.3 is 15.3 Å². The Labute approximate surface area is 126 Å². The summed E-state index contributed by atoms with van der Waals surface area (Å²) in [4.78, 5) is 14.8. The summed E-state index contributed by atoms with van der Waals surface area (Å²) in [5.41, 5.74) is 2.58. The second-order valence-electron chi connectivity index (χ2n) is 6.10. The molecule has 2 heterocycles. The van der Waals surface area contributed by atoms with Gasteiger partial charge in [0.1, 0.15) is 0 Å². The van der Waals surface area contributed by atoms with Gasteiger partial charge in [0, 0.05) is 25.7 Å². The topological polar surface area (TPSA) is 52.6 Å². The van der Waals surface area contributed by atoms with Crippen LogP contribution in [0.2, 0.25) is 0 Å². The Kier molecular flexibility index (Phi) is 4.56. The molecule has 1 unspecified atom stereocenters. The van der Waals surface area contributed by atoms with Crippen LogP contribution >= 0.6 is 0 Å². The highest BCUT2D eigenvalue weighted by Gasteiger charge is 2.32. The van der Waals surface area contributed by atoms with Crippen molar-refractivity contribution < 1.29 is 9.90 Å². The second kappa shape index (κ2) is 6.58. The number of amides is 1. The van der Waals surface area contributed by atoms with Crippen LogP contribution in [-0.2, 0) is 17.8 Å². The number of benzene rings is 1. The molecule has 4 nitrogen and oxygen atoms in total. The van der Waals surface area contributed by atoms with Crippen molar-refractivity contribution in [3.8, 4) is 0 Å². The Balaban J connectivity index is 1.70. The Morgan fingerprint density at radius 3 is 2.90 bits per heavy atom. The fraction of sp³-hybridized carbons (Fsp3) is 0.588. The van der Waals surface area contributed by atoms with E-state index >= 15 is 0 Å². The number of aliphatic hydroxyl groups excluding tert-OH is 1. The zero-order valence-electron chi connectivity index (χ0n) is 12.4. The summed E-state index contributed by atoms with van der Waals surface area (Å²) in [5.74, 6) is 0.211. The third-order valence-corrected chi connectivity index (χ3v) is 4.75. The van der Waals surface area contributed by atoms with Gasteiger partial charge in [0.25, 0.3) is 0 Å². The highest BCUT2D eigenvalue weighted by atomic mass is 16.3. The zero-order chi connectivity index (χ0) is 14.7. The van der Waals surface area contributed by atoms with E-state index in [2.05, 4.69) is 17.4 Å². The highest BCUT2D eigenvalue weighted by Crippen LogP contribution is 2.23. The fourth-order valence-electron chi connectivity index (χ4n) is 3.57. The zero-order valence-corrected chi connectivity index (χ0v) is 12.4. The van der Waals surface area contributed by atoms with Crippen LogP contribution in [0.5, 0.6) is 0 Å². The standard InChI is InChI=1S/C17H24N2O2/c20-10-8-15-7-3-4-9-19(15)17(21)16-11-13-5-1-2-6-14(13)12-18-16/h1-2,5-6,15-16,18,20H,3-4,7-12H2/t15?,16-/m0/s1. The maximum Gasteiger partial charge on any atom is 0.240 e. The first-order valence-corrected chi connectivity index (χ1v) is 8.01. The van der Waals surface area contributed by atoms with Crippen LogP contribution in [0.4, 0.5) is 0 Å². The number of hydrogen-bond donors (Lipinski definition) is 2. The van der Waals surface area contributed by atoms with Crippen LogP contribution in [0.1, 0.15) is 36.8 Å². The minimum absolute atomic E-state index is 0.112. The molecule has 2 aliphatic heterocycles. The van der Waals surface area contributed by atoms with E-state index in [1.807, 2.05) is 17.0 Å². The van der Waals surface area contributed by atoms with Crippen molar-refractivity contribution >= 4 is 5.91 Å². The molecule has 114 valence electrons.